The zero-order valence-electron chi connectivity index (χ0n) is 16.6. The van der Waals surface area contributed by atoms with Crippen LogP contribution in [0.3, 0.4) is 0 Å². The topological polar surface area (TPSA) is 58.6 Å². The van der Waals surface area contributed by atoms with E-state index in [0.29, 0.717) is 32.2 Å². The lowest BCUT2D eigenvalue weighted by Crippen LogP contribution is -2.44. The lowest BCUT2D eigenvalue weighted by Gasteiger charge is -2.33. The van der Waals surface area contributed by atoms with Crippen molar-refractivity contribution in [1.29, 1.82) is 0 Å². The number of nitrogens with zero attached hydrogens (tertiary/aromatic N) is 1. The first-order chi connectivity index (χ1) is 12.8. The van der Waals surface area contributed by atoms with Crippen molar-refractivity contribution >= 4 is 11.8 Å². The van der Waals surface area contributed by atoms with Gasteiger partial charge in [-0.25, -0.2) is 0 Å². The smallest absolute Gasteiger partial charge is 0.235 e. The predicted octanol–water partition coefficient (Wildman–Crippen LogP) is 2.86. The summed E-state index contributed by atoms with van der Waals surface area (Å²) in [6, 6.07) is 4.82. The van der Waals surface area contributed by atoms with Crippen molar-refractivity contribution in [2.24, 2.45) is 5.92 Å². The molecule has 0 unspecified atom stereocenters. The van der Waals surface area contributed by atoms with Crippen LogP contribution in [0, 0.1) is 5.92 Å². The fourth-order valence-electron chi connectivity index (χ4n) is 4.46. The molecule has 0 radical (unpaired) electrons. The number of hydrogen-bond donors (Lipinski definition) is 1. The highest BCUT2D eigenvalue weighted by atomic mass is 16.5. The van der Waals surface area contributed by atoms with Crippen molar-refractivity contribution in [3.63, 3.8) is 0 Å². The van der Waals surface area contributed by atoms with Crippen LogP contribution in [0.2, 0.25) is 0 Å². The summed E-state index contributed by atoms with van der Waals surface area (Å²) in [7, 11) is 0. The van der Waals surface area contributed by atoms with Gasteiger partial charge in [0, 0.05) is 12.6 Å². The van der Waals surface area contributed by atoms with E-state index in [1.807, 2.05) is 0 Å². The van der Waals surface area contributed by atoms with Crippen LogP contribution in [0.15, 0.2) is 12.1 Å². The standard InChI is InChI=1S/C22H30N2O3/c1-22(2,3)16-9-15-12-24(21(26)14-6-8-27-13-14)20(25)11-17(15)18(10-16)19-5-4-7-23-19/h9-10,14,19,23H,4-8,11-13H2,1-3H3/t14-,19-/m0/s1. The maximum Gasteiger partial charge on any atom is 0.235 e. The van der Waals surface area contributed by atoms with Gasteiger partial charge in [0.1, 0.15) is 0 Å². The fraction of sp³-hybridized carbons (Fsp3) is 0.636. The van der Waals surface area contributed by atoms with Crippen LogP contribution in [0.5, 0.6) is 0 Å². The summed E-state index contributed by atoms with van der Waals surface area (Å²) in [6.07, 6.45) is 3.32. The van der Waals surface area contributed by atoms with Gasteiger partial charge in [-0.1, -0.05) is 32.9 Å². The molecule has 0 bridgehead atoms. The predicted molar refractivity (Wildman–Crippen MR) is 103 cm³/mol. The first-order valence-electron chi connectivity index (χ1n) is 10.2. The lowest BCUT2D eigenvalue weighted by molar-refractivity contribution is -0.148. The van der Waals surface area contributed by atoms with Crippen LogP contribution >= 0.6 is 0 Å². The Labute approximate surface area is 161 Å². The van der Waals surface area contributed by atoms with E-state index < -0.39 is 0 Å². The second kappa shape index (κ2) is 7.02. The molecule has 3 heterocycles. The normalized spacial score (nSPS) is 25.7. The molecule has 2 saturated heterocycles. The molecule has 3 aliphatic rings. The number of hydrogen-bond acceptors (Lipinski definition) is 4. The van der Waals surface area contributed by atoms with Crippen molar-refractivity contribution < 1.29 is 14.3 Å². The number of ether oxygens (including phenoxy) is 1. The van der Waals surface area contributed by atoms with E-state index in [9.17, 15) is 9.59 Å². The number of benzene rings is 1. The molecule has 0 aromatic heterocycles. The molecular formula is C22H30N2O3. The molecular weight excluding hydrogens is 340 g/mol. The minimum atomic E-state index is -0.169. The van der Waals surface area contributed by atoms with Gasteiger partial charge in [-0.15, -0.1) is 0 Å². The second-order valence-corrected chi connectivity index (χ2v) is 9.16. The number of carbonyl (C=O) groups excluding carboxylic acids is 2. The summed E-state index contributed by atoms with van der Waals surface area (Å²) >= 11 is 0. The molecule has 3 aliphatic heterocycles. The Morgan fingerprint density at radius 1 is 1.26 bits per heavy atom. The van der Waals surface area contributed by atoms with Gasteiger partial charge >= 0.3 is 0 Å². The monoisotopic (exact) mass is 370 g/mol. The second-order valence-electron chi connectivity index (χ2n) is 9.16. The molecule has 4 rings (SSSR count). The number of imide groups is 1. The number of rotatable bonds is 2. The van der Waals surface area contributed by atoms with E-state index in [4.69, 9.17) is 4.74 Å². The van der Waals surface area contributed by atoms with Crippen molar-refractivity contribution in [2.75, 3.05) is 19.8 Å². The van der Waals surface area contributed by atoms with Gasteiger partial charge in [0.05, 0.1) is 25.5 Å². The van der Waals surface area contributed by atoms with Gasteiger partial charge in [-0.2, -0.15) is 0 Å². The number of nitrogens with one attached hydrogen (secondary N) is 1. The zero-order chi connectivity index (χ0) is 19.2. The Bertz CT molecular complexity index is 754. The SMILES string of the molecule is CC(C)(C)c1cc2c(c([C@@H]3CCCN3)c1)CC(=O)N(C(=O)[C@H]1CCOC1)C2. The molecule has 1 N–H and O–H groups in total. The first-order valence-corrected chi connectivity index (χ1v) is 10.2. The number of amides is 2. The molecule has 2 amide bonds. The van der Waals surface area contributed by atoms with E-state index in [-0.39, 0.29) is 23.1 Å². The Morgan fingerprint density at radius 3 is 2.70 bits per heavy atom. The molecule has 0 spiro atoms. The molecule has 2 fully saturated rings. The molecule has 27 heavy (non-hydrogen) atoms. The first kappa shape index (κ1) is 18.6. The van der Waals surface area contributed by atoms with E-state index in [2.05, 4.69) is 38.2 Å². The van der Waals surface area contributed by atoms with Crippen LogP contribution in [-0.4, -0.2) is 36.5 Å². The molecule has 0 aliphatic carbocycles. The molecule has 5 nitrogen and oxygen atoms in total. The third-order valence-electron chi connectivity index (χ3n) is 6.18. The Morgan fingerprint density at radius 2 is 2.07 bits per heavy atom. The maximum absolute atomic E-state index is 12.9. The summed E-state index contributed by atoms with van der Waals surface area (Å²) in [5.74, 6) is -0.302. The number of fused-ring (bicyclic) bond motifs is 1. The average molecular weight is 370 g/mol. The van der Waals surface area contributed by atoms with Crippen LogP contribution in [0.1, 0.15) is 68.3 Å². The Hall–Kier alpha value is -1.72. The van der Waals surface area contributed by atoms with Crippen LogP contribution in [0.25, 0.3) is 0 Å². The Balaban J connectivity index is 1.71. The average Bonchev–Trinajstić information content (AvgIpc) is 3.32. The van der Waals surface area contributed by atoms with Crippen molar-refractivity contribution in [2.45, 2.75) is 64.5 Å². The third kappa shape index (κ3) is 3.55. The largest absolute Gasteiger partial charge is 0.381 e. The van der Waals surface area contributed by atoms with E-state index in [0.717, 1.165) is 30.5 Å². The molecule has 1 aromatic rings. The highest BCUT2D eigenvalue weighted by Crippen LogP contribution is 2.36. The molecule has 146 valence electrons. The van der Waals surface area contributed by atoms with Crippen LogP contribution in [-0.2, 0) is 32.7 Å². The number of carbonyl (C=O) groups is 2. The third-order valence-corrected chi connectivity index (χ3v) is 6.18. The maximum atomic E-state index is 12.9. The summed E-state index contributed by atoms with van der Waals surface area (Å²) in [6.45, 7) is 9.12. The van der Waals surface area contributed by atoms with E-state index >= 15 is 0 Å². The highest BCUT2D eigenvalue weighted by Gasteiger charge is 2.36. The lowest BCUT2D eigenvalue weighted by atomic mass is 9.80. The summed E-state index contributed by atoms with van der Waals surface area (Å²) in [5, 5.41) is 3.59. The molecule has 1 aromatic carbocycles. The van der Waals surface area contributed by atoms with E-state index in [1.165, 1.54) is 22.4 Å². The Kier molecular flexibility index (Phi) is 4.85. The summed E-state index contributed by atoms with van der Waals surface area (Å²) in [4.78, 5) is 27.2. The van der Waals surface area contributed by atoms with Crippen LogP contribution < -0.4 is 5.32 Å². The molecule has 0 saturated carbocycles. The molecule has 2 atom stereocenters. The van der Waals surface area contributed by atoms with Crippen LogP contribution in [0.4, 0.5) is 0 Å². The van der Waals surface area contributed by atoms with Crippen molar-refractivity contribution in [3.8, 4) is 0 Å². The molecule has 5 heteroatoms. The summed E-state index contributed by atoms with van der Waals surface area (Å²) in [5.41, 5.74) is 4.84. The highest BCUT2D eigenvalue weighted by molar-refractivity contribution is 5.98. The quantitative estimate of drug-likeness (QED) is 0.814. The van der Waals surface area contributed by atoms with Gasteiger partial charge in [0.2, 0.25) is 11.8 Å². The van der Waals surface area contributed by atoms with Gasteiger partial charge in [-0.05, 0) is 53.5 Å². The van der Waals surface area contributed by atoms with Gasteiger partial charge < -0.3 is 10.1 Å². The van der Waals surface area contributed by atoms with Gasteiger partial charge in [-0.3, -0.25) is 14.5 Å². The van der Waals surface area contributed by atoms with Crippen molar-refractivity contribution in [3.05, 3.63) is 34.4 Å². The van der Waals surface area contributed by atoms with Gasteiger partial charge in [0.15, 0.2) is 0 Å². The van der Waals surface area contributed by atoms with Crippen molar-refractivity contribution in [1.82, 2.24) is 10.2 Å². The summed E-state index contributed by atoms with van der Waals surface area (Å²) < 4.78 is 5.36. The minimum Gasteiger partial charge on any atom is -0.381 e. The van der Waals surface area contributed by atoms with Gasteiger partial charge in [0.25, 0.3) is 0 Å². The fourth-order valence-corrected chi connectivity index (χ4v) is 4.46. The van der Waals surface area contributed by atoms with E-state index in [1.54, 1.807) is 0 Å². The zero-order valence-corrected chi connectivity index (χ0v) is 16.6. The minimum absolute atomic E-state index is 0.0258.